The zero-order valence-electron chi connectivity index (χ0n) is 28.7. The van der Waals surface area contributed by atoms with Crippen molar-refractivity contribution >= 4 is 22.8 Å². The molecule has 0 unspecified atom stereocenters. The number of carboxylic acids is 2. The van der Waals surface area contributed by atoms with Gasteiger partial charge in [0.1, 0.15) is 17.2 Å². The maximum atomic E-state index is 11.6. The number of aliphatic hydroxyl groups excluding tert-OH is 1. The molecule has 0 radical (unpaired) electrons. The third-order valence-corrected chi connectivity index (χ3v) is 8.25. The molecule has 1 aliphatic heterocycles. The van der Waals surface area contributed by atoms with Gasteiger partial charge in [-0.05, 0) is 91.5 Å². The third-order valence-electron chi connectivity index (χ3n) is 8.25. The maximum absolute atomic E-state index is 11.6. The summed E-state index contributed by atoms with van der Waals surface area (Å²) in [4.78, 5) is 34.4. The van der Waals surface area contributed by atoms with Crippen molar-refractivity contribution in [3.63, 3.8) is 0 Å². The van der Waals surface area contributed by atoms with E-state index >= 15 is 0 Å². The number of carbonyl (C=O) groups is 2. The molecule has 5 rings (SSSR count). The molecule has 1 saturated heterocycles. The first-order chi connectivity index (χ1) is 25.3. The van der Waals surface area contributed by atoms with Crippen molar-refractivity contribution in [2.24, 2.45) is 0 Å². The number of halogens is 6. The molecule has 54 heavy (non-hydrogen) atoms. The lowest BCUT2D eigenvalue weighted by Crippen LogP contribution is -2.29. The molecule has 12 nitrogen and oxygen atoms in total. The van der Waals surface area contributed by atoms with Gasteiger partial charge in [-0.1, -0.05) is 30.3 Å². The number of H-pyrrole nitrogens is 1. The zero-order valence-corrected chi connectivity index (χ0v) is 28.7. The number of ether oxygens (including phenoxy) is 1. The van der Waals surface area contributed by atoms with Crippen LogP contribution in [0, 0.1) is 0 Å². The van der Waals surface area contributed by atoms with E-state index in [1.165, 1.54) is 17.7 Å². The van der Waals surface area contributed by atoms with Crippen LogP contribution in [-0.4, -0.2) is 93.0 Å². The van der Waals surface area contributed by atoms with Crippen LogP contribution < -0.4 is 15.6 Å². The van der Waals surface area contributed by atoms with Crippen LogP contribution in [0.3, 0.4) is 0 Å². The molecule has 4 aromatic rings. The molecule has 0 spiro atoms. The third kappa shape index (κ3) is 13.3. The van der Waals surface area contributed by atoms with Crippen LogP contribution in [0.25, 0.3) is 10.9 Å². The van der Waals surface area contributed by atoms with Crippen LogP contribution in [0.4, 0.5) is 26.3 Å². The van der Waals surface area contributed by atoms with Gasteiger partial charge in [0.25, 0.3) is 0 Å². The number of likely N-dealkylation sites (tertiary alicyclic amines) is 1. The summed E-state index contributed by atoms with van der Waals surface area (Å²) in [7, 11) is 2.14. The van der Waals surface area contributed by atoms with Gasteiger partial charge in [0, 0.05) is 31.0 Å². The molecule has 1 atom stereocenters. The van der Waals surface area contributed by atoms with Gasteiger partial charge in [-0.25, -0.2) is 9.59 Å². The van der Waals surface area contributed by atoms with Gasteiger partial charge in [0.05, 0.1) is 18.2 Å². The van der Waals surface area contributed by atoms with Gasteiger partial charge in [-0.15, -0.1) is 0 Å². The first-order valence-corrected chi connectivity index (χ1v) is 16.3. The summed E-state index contributed by atoms with van der Waals surface area (Å²) in [5.74, 6) is -3.95. The molecular weight excluding hydrogens is 732 g/mol. The standard InChI is InChI=1S/C32H37N3O5.2C2HF3O2/c1-35-15-12-23(13-16-35)27-18-21(4-9-28(27)36)14-17-40-24-5-2-22(3-6-24)19-33-20-30(38)25-7-10-29(37)32-26(25)8-11-31(39)34-32;2*3-2(4,5)1(6)7/h2-11,18,23,30,33,36-38H,12-17,19-20H2,1H3,(H,34,39);2*(H,6,7)/t30-;;/m0../s1. The van der Waals surface area contributed by atoms with Gasteiger partial charge in [0.15, 0.2) is 0 Å². The minimum Gasteiger partial charge on any atom is -0.508 e. The number of benzene rings is 3. The van der Waals surface area contributed by atoms with Crippen LogP contribution in [0.2, 0.25) is 0 Å². The van der Waals surface area contributed by atoms with Crippen molar-refractivity contribution in [1.29, 1.82) is 0 Å². The maximum Gasteiger partial charge on any atom is 0.490 e. The number of aromatic nitrogens is 1. The van der Waals surface area contributed by atoms with Gasteiger partial charge >= 0.3 is 24.3 Å². The number of aromatic hydroxyl groups is 2. The van der Waals surface area contributed by atoms with E-state index in [0.29, 0.717) is 47.8 Å². The van der Waals surface area contributed by atoms with Crippen LogP contribution in [0.15, 0.2) is 71.5 Å². The smallest absolute Gasteiger partial charge is 0.490 e. The number of hydrogen-bond donors (Lipinski definition) is 7. The average molecular weight is 772 g/mol. The van der Waals surface area contributed by atoms with Crippen LogP contribution in [-0.2, 0) is 22.6 Å². The fourth-order valence-electron chi connectivity index (χ4n) is 5.41. The van der Waals surface area contributed by atoms with Crippen molar-refractivity contribution in [1.82, 2.24) is 15.2 Å². The largest absolute Gasteiger partial charge is 0.508 e. The van der Waals surface area contributed by atoms with E-state index in [0.717, 1.165) is 49.2 Å². The molecule has 0 amide bonds. The number of piperidine rings is 1. The highest BCUT2D eigenvalue weighted by Gasteiger charge is 2.39. The number of aromatic amines is 1. The number of phenolic OH excluding ortho intramolecular Hbond substituents is 2. The minimum absolute atomic E-state index is 0.0283. The Hall–Kier alpha value is -5.33. The fraction of sp³-hybridized carbons (Fsp3) is 0.361. The number of pyridine rings is 1. The van der Waals surface area contributed by atoms with Crippen LogP contribution in [0.5, 0.6) is 17.2 Å². The van der Waals surface area contributed by atoms with E-state index < -0.39 is 30.4 Å². The summed E-state index contributed by atoms with van der Waals surface area (Å²) < 4.78 is 69.5. The molecule has 1 aliphatic rings. The first-order valence-electron chi connectivity index (χ1n) is 16.3. The number of aliphatic hydroxyl groups is 1. The quantitative estimate of drug-likeness (QED) is 0.101. The van der Waals surface area contributed by atoms with Gasteiger partial charge in [-0.2, -0.15) is 26.3 Å². The van der Waals surface area contributed by atoms with E-state index in [-0.39, 0.29) is 11.3 Å². The predicted octanol–water partition coefficient (Wildman–Crippen LogP) is 5.46. The topological polar surface area (TPSA) is 193 Å². The Morgan fingerprint density at radius 1 is 0.870 bits per heavy atom. The fourth-order valence-corrected chi connectivity index (χ4v) is 5.41. The summed E-state index contributed by atoms with van der Waals surface area (Å²) in [6.45, 7) is 3.54. The number of phenols is 2. The monoisotopic (exact) mass is 771 g/mol. The number of nitrogens with zero attached hydrogens (tertiary/aromatic N) is 1. The van der Waals surface area contributed by atoms with Crippen LogP contribution in [0.1, 0.15) is 47.1 Å². The van der Waals surface area contributed by atoms with E-state index in [1.807, 2.05) is 36.4 Å². The molecule has 7 N–H and O–H groups in total. The van der Waals surface area contributed by atoms with E-state index in [4.69, 9.17) is 24.5 Å². The molecule has 294 valence electrons. The molecule has 0 bridgehead atoms. The predicted molar refractivity (Wildman–Crippen MR) is 184 cm³/mol. The van der Waals surface area contributed by atoms with E-state index in [2.05, 4.69) is 28.3 Å². The van der Waals surface area contributed by atoms with Crippen molar-refractivity contribution in [2.75, 3.05) is 33.3 Å². The summed E-state index contributed by atoms with van der Waals surface area (Å²) in [5, 5.41) is 49.3. The summed E-state index contributed by atoms with van der Waals surface area (Å²) in [6, 6.07) is 19.9. The van der Waals surface area contributed by atoms with Crippen molar-refractivity contribution < 1.29 is 66.2 Å². The second kappa shape index (κ2) is 19.1. The molecule has 0 aliphatic carbocycles. The number of rotatable bonds is 10. The molecule has 2 heterocycles. The molecule has 0 saturated carbocycles. The zero-order chi connectivity index (χ0) is 40.2. The molecular formula is C36H39F6N3O9. The highest BCUT2D eigenvalue weighted by molar-refractivity contribution is 5.87. The second-order valence-corrected chi connectivity index (χ2v) is 12.3. The molecule has 3 aromatic carbocycles. The number of alkyl halides is 6. The van der Waals surface area contributed by atoms with Crippen molar-refractivity contribution in [2.45, 2.75) is 50.2 Å². The summed E-state index contributed by atoms with van der Waals surface area (Å²) in [5.41, 5.74) is 3.92. The summed E-state index contributed by atoms with van der Waals surface area (Å²) >= 11 is 0. The highest BCUT2D eigenvalue weighted by atomic mass is 19.4. The lowest BCUT2D eigenvalue weighted by molar-refractivity contribution is -0.193. The Balaban J connectivity index is 0.000000476. The van der Waals surface area contributed by atoms with Gasteiger partial charge in [0.2, 0.25) is 5.56 Å². The Kier molecular flexibility index (Phi) is 15.3. The van der Waals surface area contributed by atoms with E-state index in [9.17, 15) is 46.5 Å². The number of fused-ring (bicyclic) bond motifs is 1. The Labute approximate surface area is 304 Å². The Bertz CT molecular complexity index is 1890. The van der Waals surface area contributed by atoms with Crippen molar-refractivity contribution in [3.8, 4) is 17.2 Å². The normalized spacial score (nSPS) is 14.3. The summed E-state index contributed by atoms with van der Waals surface area (Å²) in [6.07, 6.45) is -8.07. The first kappa shape index (κ1) is 43.1. The Morgan fingerprint density at radius 2 is 1.43 bits per heavy atom. The second-order valence-electron chi connectivity index (χ2n) is 12.3. The molecule has 1 fully saturated rings. The molecule has 1 aromatic heterocycles. The number of hydrogen-bond acceptors (Lipinski definition) is 9. The lowest BCUT2D eigenvalue weighted by atomic mass is 9.88. The van der Waals surface area contributed by atoms with E-state index in [1.54, 1.807) is 12.1 Å². The SMILES string of the molecule is CN1CCC(c2cc(CCOc3ccc(CNC[C@H](O)c4ccc(O)c5[nH]c(=O)ccc45)cc3)ccc2O)CC1.O=C(O)C(F)(F)F.O=C(O)C(F)(F)F. The Morgan fingerprint density at radius 3 is 2.00 bits per heavy atom. The number of aliphatic carboxylic acids is 2. The molecule has 18 heteroatoms. The van der Waals surface area contributed by atoms with Gasteiger partial charge in [-0.3, -0.25) is 4.79 Å². The number of nitrogens with one attached hydrogen (secondary N) is 2. The lowest BCUT2D eigenvalue weighted by Gasteiger charge is -2.29. The average Bonchev–Trinajstić information content (AvgIpc) is 3.10. The van der Waals surface area contributed by atoms with Crippen molar-refractivity contribution in [3.05, 3.63) is 99.3 Å². The van der Waals surface area contributed by atoms with Gasteiger partial charge < -0.3 is 45.5 Å². The highest BCUT2D eigenvalue weighted by Crippen LogP contribution is 2.34. The van der Waals surface area contributed by atoms with Crippen LogP contribution >= 0.6 is 0 Å². The minimum atomic E-state index is -5.08. The number of carboxylic acid groups (broad SMARTS) is 2.